The van der Waals surface area contributed by atoms with E-state index in [-0.39, 0.29) is 57.5 Å². The third-order valence-corrected chi connectivity index (χ3v) is 35.7. The highest BCUT2D eigenvalue weighted by Crippen LogP contribution is 2.33. The van der Waals surface area contributed by atoms with Crippen molar-refractivity contribution in [3.8, 4) is 0 Å². The Hall–Kier alpha value is -0.340. The Labute approximate surface area is 724 Å². The summed E-state index contributed by atoms with van der Waals surface area (Å²) in [5.41, 5.74) is 0. The van der Waals surface area contributed by atoms with Gasteiger partial charge in [-0.15, -0.1) is 0 Å². The lowest BCUT2D eigenvalue weighted by Gasteiger charge is -2.33. The average molecular weight is 2030 g/mol. The van der Waals surface area contributed by atoms with E-state index < -0.39 is 388 Å². The molecule has 0 amide bonds. The summed E-state index contributed by atoms with van der Waals surface area (Å²) < 4.78 is 194. The third kappa shape index (κ3) is 39.2. The van der Waals surface area contributed by atoms with E-state index in [4.69, 9.17) is 35.0 Å². The molecule has 0 bridgehead atoms. The fraction of sp³-hybridized carbons (Fsp3) is 1.00. The van der Waals surface area contributed by atoms with Crippen molar-refractivity contribution in [2.45, 2.75) is 215 Å². The van der Waals surface area contributed by atoms with Crippen LogP contribution in [0.4, 0.5) is 0 Å². The van der Waals surface area contributed by atoms with Gasteiger partial charge in [0.2, 0.25) is 52.0 Å². The van der Waals surface area contributed by atoms with Crippen LogP contribution in [0, 0.1) is 0 Å². The van der Waals surface area contributed by atoms with Crippen molar-refractivity contribution in [2.75, 3.05) is 138 Å². The van der Waals surface area contributed by atoms with Crippen LogP contribution in [-0.2, 0) is 137 Å². The summed E-state index contributed by atoms with van der Waals surface area (Å²) >= 11 is 0. The molecule has 0 aromatic rings. The van der Waals surface area contributed by atoms with Crippen LogP contribution in [0.15, 0.2) is 0 Å². The predicted molar refractivity (Wildman–Crippen MR) is 414 cm³/mol. The highest BCUT2D eigenvalue weighted by Gasteiger charge is 2.58. The first-order valence-corrected chi connectivity index (χ1v) is 50.9. The van der Waals surface area contributed by atoms with Gasteiger partial charge in [0.15, 0.2) is 26.2 Å². The molecular weight excluding hydrogens is 1910 g/mol. The highest BCUT2D eigenvalue weighted by atomic mass is 32.3. The van der Waals surface area contributed by atoms with E-state index >= 15 is 0 Å². The van der Waals surface area contributed by atoms with Gasteiger partial charge < -0.3 is 206 Å². The van der Waals surface area contributed by atoms with Gasteiger partial charge in [0.05, 0.1) is 66.1 Å². The summed E-state index contributed by atoms with van der Waals surface area (Å²) in [4.78, 5) is 0. The zero-order valence-corrected chi connectivity index (χ0v) is 73.4. The molecule has 0 spiro atoms. The van der Waals surface area contributed by atoms with Crippen molar-refractivity contribution in [1.29, 1.82) is 0 Å². The molecule has 5 heterocycles. The molecule has 5 rings (SSSR count). The first kappa shape index (κ1) is 122. The van der Waals surface area contributed by atoms with Crippen LogP contribution in [-0.4, -0.2) is 592 Å². The van der Waals surface area contributed by atoms with Crippen molar-refractivity contribution in [2.24, 2.45) is 0 Å². The molecule has 56 nitrogen and oxygen atoms in total. The number of ether oxygens (including phenoxy) is 2. The Kier molecular flexibility index (Phi) is 55.2. The van der Waals surface area contributed by atoms with E-state index in [0.717, 1.165) is 14.2 Å². The lowest BCUT2D eigenvalue weighted by Crippen LogP contribution is -2.54. The van der Waals surface area contributed by atoms with Gasteiger partial charge in [-0.05, 0) is 0 Å². The Morgan fingerprint density at radius 2 is 0.435 bits per heavy atom. The summed E-state index contributed by atoms with van der Waals surface area (Å²) in [6.45, 7) is -7.20. The van der Waals surface area contributed by atoms with E-state index in [1.54, 1.807) is 0 Å². The molecule has 34 N–H and O–H groups in total. The van der Waals surface area contributed by atoms with Crippen LogP contribution in [0.25, 0.3) is 0 Å². The van der Waals surface area contributed by atoms with Crippen molar-refractivity contribution >= 4 is 106 Å². The minimum atomic E-state index is -5.42. The number of hydrogen-bond acceptors (Lipinski definition) is 56. The van der Waals surface area contributed by atoms with Crippen LogP contribution in [0.5, 0.6) is 0 Å². The van der Waals surface area contributed by atoms with Gasteiger partial charge >= 0.3 is 0 Å². The van der Waals surface area contributed by atoms with E-state index in [2.05, 4.69) is 20.9 Å². The molecule has 5 aliphatic heterocycles. The van der Waals surface area contributed by atoms with Crippen molar-refractivity contribution in [3.05, 3.63) is 0 Å². The zero-order chi connectivity index (χ0) is 96.3. The Morgan fingerprint density at radius 1 is 0.258 bits per heavy atom. The fourth-order valence-corrected chi connectivity index (χ4v) is 28.9. The first-order chi connectivity index (χ1) is 57.0. The standard InChI is InChI=1S/C13H26O12S2.C12H24O12S2.C12H24O11S2.C11H22O11S2.C10H20O10S2/c1-24-8(5-26-4-7(17)10(18)9(26)3-15)13(25-27(21,22)23)12(20)11(19)6(16)2-14;13-1-5(15)10(19)11(20)12(24-26(21,22)23)7(17)4-25-3-6(16)9(18)8(25)2-14;1-22-8(5-24-4-7(16)10(17)9(24)3-14)12(23-25(19,20)21)11(18)6(15)2-13;12-1-5(14)10(18)11(22-24(19,20)21)7(16)4-23-3-6(15)9(17)8(23)2-13;11-1-5(13)10(20-22(17,18)19)7(15)4-21-3-6(14)9(16)8(21)2-12/h6-20H,2-5H2,1H3;5-20H,1-4H2;6-18H,2-5H2,1H3;5-18H,1-4H2;5-16H,1-4H2/t6-,7+,8+,9+,10-,11+,12+,13+,26?;5-,6+,7+,8+,9-,10+,11+,12+,25?;6-,7-,8-,9-,10+,11-,12-,24?;5-,6-,7-,8-,9+,10-,11-,23?;5-,6-,7-,8-,9+,10+,21?/m00111/s1. The largest absolute Gasteiger partial charge is 0.726 e. The molecule has 5 fully saturated rings. The van der Waals surface area contributed by atoms with Gasteiger partial charge in [-0.25, -0.2) is 42.1 Å². The molecule has 124 heavy (non-hydrogen) atoms. The molecule has 0 aliphatic carbocycles. The van der Waals surface area contributed by atoms with Gasteiger partial charge in [-0.3, -0.25) is 20.9 Å². The molecule has 5 saturated heterocycles. The minimum absolute atomic E-state index is 0.0128. The number of hydrogen-bond donors (Lipinski definition) is 34. The second-order valence-corrected chi connectivity index (χ2v) is 44.8. The van der Waals surface area contributed by atoms with Crippen molar-refractivity contribution in [1.82, 2.24) is 0 Å². The molecule has 66 heteroatoms. The summed E-state index contributed by atoms with van der Waals surface area (Å²) in [6.07, 6.45) is -51.3. The van der Waals surface area contributed by atoms with Gasteiger partial charge in [0, 0.05) is 68.7 Å². The van der Waals surface area contributed by atoms with Crippen molar-refractivity contribution < 1.29 is 269 Å². The number of methoxy groups -OCH3 is 2. The summed E-state index contributed by atoms with van der Waals surface area (Å²) in [7, 11) is -29.0. The topological polar surface area (TPSA) is 1040 Å². The van der Waals surface area contributed by atoms with Gasteiger partial charge in [-0.1, -0.05) is 0 Å². The van der Waals surface area contributed by atoms with E-state index in [0.29, 0.717) is 0 Å². The van der Waals surface area contributed by atoms with E-state index in [1.807, 2.05) is 0 Å². The molecule has 0 radical (unpaired) electrons. The molecule has 0 saturated carbocycles. The molecular formula is C58H116O56S10. The lowest BCUT2D eigenvalue weighted by molar-refractivity contribution is -0.134. The fourth-order valence-electron chi connectivity index (χ4n) is 12.7. The Balaban J connectivity index is 0.000000776. The smallest absolute Gasteiger partial charge is 0.218 e. The average Bonchev–Trinajstić information content (AvgIpc) is 1.63. The molecule has 0 aromatic heterocycles. The van der Waals surface area contributed by atoms with Crippen molar-refractivity contribution in [3.63, 3.8) is 0 Å². The summed E-state index contributed by atoms with van der Waals surface area (Å²) in [5, 5.41) is 321. The number of rotatable bonds is 48. The Bertz CT molecular complexity index is 3550. The Morgan fingerprint density at radius 3 is 0.653 bits per heavy atom. The molecule has 5 aliphatic rings. The second-order valence-electron chi connectivity index (χ2n) is 28.0. The zero-order valence-electron chi connectivity index (χ0n) is 65.2. The monoisotopic (exact) mass is 2030 g/mol. The predicted octanol–water partition coefficient (Wildman–Crippen LogP) is -26.2. The first-order valence-electron chi connectivity index (χ1n) is 36.1. The van der Waals surface area contributed by atoms with Gasteiger partial charge in [0.25, 0.3) is 0 Å². The van der Waals surface area contributed by atoms with E-state index in [1.165, 1.54) is 0 Å². The summed E-state index contributed by atoms with van der Waals surface area (Å²) in [5.74, 6) is -0.903. The summed E-state index contributed by atoms with van der Waals surface area (Å²) in [6, 6.07) is 0. The molecule has 0 aromatic carbocycles. The third-order valence-electron chi connectivity index (χ3n) is 19.3. The lowest BCUT2D eigenvalue weighted by atomic mass is 10.00. The number of aliphatic hydroxyl groups is 34. The number of aliphatic hydroxyl groups excluding tert-OH is 34. The van der Waals surface area contributed by atoms with Crippen LogP contribution in [0.1, 0.15) is 0 Å². The van der Waals surface area contributed by atoms with Crippen LogP contribution < -0.4 is 0 Å². The maximum absolute atomic E-state index is 11.0. The highest BCUT2D eigenvalue weighted by molar-refractivity contribution is 7.99. The maximum Gasteiger partial charge on any atom is 0.218 e. The molecule has 41 atom stereocenters. The quantitative estimate of drug-likeness (QED) is 0.0153. The minimum Gasteiger partial charge on any atom is -0.726 e. The maximum atomic E-state index is 11.0. The second kappa shape index (κ2) is 56.2. The van der Waals surface area contributed by atoms with Crippen LogP contribution >= 0.6 is 0 Å². The SMILES string of the molecule is CO[C@H](C[S+]1C[C@@H](O)[C@H](O)[C@H]1CO)[C@@H](OS(=O)(=O)[O-])[C@H](O)[C@H](O)CO.CO[C@H](C[S+]1C[C@@H](O)[C@H](O)[C@H]1CO)[C@@H](OS(=O)(=O)[O-])[C@H](O)[C@H](O)[C@@H](O)CO.O=S(=O)([O-])O[C@@H]([C@H](O)CO)[C@H](O)C[S+]1C[C@@H](O)[C@H](O)[C@H]1CO.O=S(=O)([O-])O[C@@H]([C@H](O)[C@H](O)CO)[C@H](O)C[S+]1C[C@@H](O)[C@H](O)[C@H]1CO.O=S(=O)([O-])O[C@@H]([C@H](O)[C@H](O)[C@@H](O)CO)[C@H](O)C[S+]1C[C@@H](O)[C@H](O)[C@H]1CO. The van der Waals surface area contributed by atoms with Gasteiger partial charge in [0.1, 0.15) is 247 Å². The molecule has 5 unspecified atom stereocenters. The van der Waals surface area contributed by atoms with Crippen LogP contribution in [0.3, 0.4) is 0 Å². The van der Waals surface area contributed by atoms with E-state index in [9.17, 15) is 213 Å². The molecule has 744 valence electrons. The normalized spacial score (nSPS) is 32.8. The van der Waals surface area contributed by atoms with Crippen LogP contribution in [0.2, 0.25) is 0 Å². The van der Waals surface area contributed by atoms with Gasteiger partial charge in [-0.2, -0.15) is 0 Å².